The summed E-state index contributed by atoms with van der Waals surface area (Å²) in [7, 11) is 1.90. The van der Waals surface area contributed by atoms with Gasteiger partial charge in [0.1, 0.15) is 12.0 Å². The molecular formula is C24H24N8O. The molecule has 0 saturated heterocycles. The molecule has 2 N–H and O–H groups in total. The monoisotopic (exact) mass is 440 g/mol. The van der Waals surface area contributed by atoms with E-state index in [1.165, 1.54) is 6.33 Å². The van der Waals surface area contributed by atoms with Crippen LogP contribution in [0.2, 0.25) is 0 Å². The Hall–Kier alpha value is -4.14. The molecule has 4 aromatic rings. The molecule has 3 aromatic heterocycles. The van der Waals surface area contributed by atoms with Crippen LogP contribution in [-0.4, -0.2) is 35.6 Å². The Bertz CT molecular complexity index is 1250. The summed E-state index contributed by atoms with van der Waals surface area (Å²) in [5, 5.41) is 15.1. The Kier molecular flexibility index (Phi) is 5.52. The van der Waals surface area contributed by atoms with Gasteiger partial charge >= 0.3 is 0 Å². The van der Waals surface area contributed by atoms with Crippen molar-refractivity contribution < 1.29 is 4.79 Å². The Morgan fingerprint density at radius 3 is 2.70 bits per heavy atom. The predicted octanol–water partition coefficient (Wildman–Crippen LogP) is 3.09. The van der Waals surface area contributed by atoms with Crippen molar-refractivity contribution in [2.24, 2.45) is 7.05 Å². The molecule has 166 valence electrons. The first kappa shape index (κ1) is 20.7. The summed E-state index contributed by atoms with van der Waals surface area (Å²) >= 11 is 0. The fraction of sp³-hybridized carbons (Fsp3) is 0.250. The fourth-order valence-corrected chi connectivity index (χ4v) is 4.02. The van der Waals surface area contributed by atoms with Gasteiger partial charge in [0.05, 0.1) is 17.8 Å². The molecule has 33 heavy (non-hydrogen) atoms. The number of pyridine rings is 1. The van der Waals surface area contributed by atoms with E-state index in [0.29, 0.717) is 23.6 Å². The van der Waals surface area contributed by atoms with Gasteiger partial charge in [0.25, 0.3) is 5.91 Å². The number of nitrogens with one attached hydrogen (secondary N) is 2. The summed E-state index contributed by atoms with van der Waals surface area (Å²) in [5.74, 6) is 1.32. The number of carbonyl (C=O) groups excluding carboxylic acids is 1. The number of amides is 1. The topological polar surface area (TPSA) is 111 Å². The van der Waals surface area contributed by atoms with Gasteiger partial charge in [-0.15, -0.1) is 10.2 Å². The smallest absolute Gasteiger partial charge is 0.252 e. The Labute approximate surface area is 191 Å². The Morgan fingerprint density at radius 2 is 1.97 bits per heavy atom. The van der Waals surface area contributed by atoms with Gasteiger partial charge in [-0.1, -0.05) is 12.1 Å². The van der Waals surface area contributed by atoms with Crippen LogP contribution in [0.15, 0.2) is 67.3 Å². The number of anilines is 1. The zero-order valence-electron chi connectivity index (χ0n) is 18.3. The van der Waals surface area contributed by atoms with Crippen molar-refractivity contribution in [3.63, 3.8) is 0 Å². The minimum atomic E-state index is -0.377. The highest BCUT2D eigenvalue weighted by atomic mass is 16.1. The lowest BCUT2D eigenvalue weighted by molar-refractivity contribution is 0.0817. The van der Waals surface area contributed by atoms with Crippen molar-refractivity contribution in [2.45, 2.75) is 31.3 Å². The van der Waals surface area contributed by atoms with Gasteiger partial charge in [-0.3, -0.25) is 9.78 Å². The largest absolute Gasteiger partial charge is 0.378 e. The first-order chi connectivity index (χ1) is 16.1. The van der Waals surface area contributed by atoms with E-state index in [2.05, 4.69) is 35.8 Å². The molecule has 1 amide bonds. The van der Waals surface area contributed by atoms with Crippen LogP contribution in [0.25, 0.3) is 11.5 Å². The van der Waals surface area contributed by atoms with E-state index >= 15 is 0 Å². The van der Waals surface area contributed by atoms with Crippen LogP contribution in [0.3, 0.4) is 0 Å². The summed E-state index contributed by atoms with van der Waals surface area (Å²) in [4.78, 5) is 25.7. The predicted molar refractivity (Wildman–Crippen MR) is 123 cm³/mol. The molecule has 1 aliphatic rings. The van der Waals surface area contributed by atoms with Crippen molar-refractivity contribution in [1.82, 2.24) is 35.0 Å². The molecule has 1 fully saturated rings. The summed E-state index contributed by atoms with van der Waals surface area (Å²) in [6.45, 7) is 0.456. The van der Waals surface area contributed by atoms with Gasteiger partial charge < -0.3 is 15.2 Å². The van der Waals surface area contributed by atoms with E-state index < -0.39 is 0 Å². The second kappa shape index (κ2) is 8.78. The van der Waals surface area contributed by atoms with Crippen molar-refractivity contribution >= 4 is 11.6 Å². The number of hydrogen-bond donors (Lipinski definition) is 2. The van der Waals surface area contributed by atoms with Crippen molar-refractivity contribution in [2.75, 3.05) is 5.32 Å². The van der Waals surface area contributed by atoms with E-state index in [0.717, 1.165) is 36.5 Å². The highest BCUT2D eigenvalue weighted by molar-refractivity contribution is 5.95. The van der Waals surface area contributed by atoms with Gasteiger partial charge in [-0.2, -0.15) is 0 Å². The van der Waals surface area contributed by atoms with Gasteiger partial charge in [0, 0.05) is 30.7 Å². The van der Waals surface area contributed by atoms with Crippen LogP contribution in [0.4, 0.5) is 5.69 Å². The maximum absolute atomic E-state index is 13.1. The van der Waals surface area contributed by atoms with Crippen molar-refractivity contribution in [3.8, 4) is 11.5 Å². The number of rotatable bonds is 7. The van der Waals surface area contributed by atoms with Crippen LogP contribution in [0.5, 0.6) is 0 Å². The van der Waals surface area contributed by atoms with Gasteiger partial charge in [-0.25, -0.2) is 9.97 Å². The Balaban J connectivity index is 1.27. The Morgan fingerprint density at radius 1 is 1.06 bits per heavy atom. The first-order valence-corrected chi connectivity index (χ1v) is 10.9. The van der Waals surface area contributed by atoms with E-state index in [1.54, 1.807) is 18.5 Å². The summed E-state index contributed by atoms with van der Waals surface area (Å²) in [5.41, 5.74) is 2.68. The highest BCUT2D eigenvalue weighted by Gasteiger charge is 2.41. The minimum absolute atomic E-state index is 0.103. The summed E-state index contributed by atoms with van der Waals surface area (Å²) in [6.07, 6.45) is 7.80. The molecular weight excluding hydrogens is 416 g/mol. The zero-order chi connectivity index (χ0) is 22.7. The minimum Gasteiger partial charge on any atom is -0.378 e. The third kappa shape index (κ3) is 4.17. The van der Waals surface area contributed by atoms with Crippen LogP contribution in [-0.2, 0) is 19.1 Å². The summed E-state index contributed by atoms with van der Waals surface area (Å²) < 4.78 is 1.89. The molecule has 3 heterocycles. The lowest BCUT2D eigenvalue weighted by Crippen LogP contribution is -2.51. The van der Waals surface area contributed by atoms with Crippen LogP contribution in [0.1, 0.15) is 41.1 Å². The maximum atomic E-state index is 13.1. The molecule has 1 aliphatic carbocycles. The van der Waals surface area contributed by atoms with Gasteiger partial charge in [0.15, 0.2) is 11.6 Å². The molecule has 0 radical (unpaired) electrons. The normalized spacial score (nSPS) is 14.3. The third-order valence-corrected chi connectivity index (χ3v) is 6.07. The van der Waals surface area contributed by atoms with Crippen LogP contribution < -0.4 is 10.6 Å². The SMILES string of the molecule is Cn1c(CNc2cccc(C(=O)NC3(c4ccccn4)CCC3)c2)nnc1-c1ccncn1. The lowest BCUT2D eigenvalue weighted by atomic mass is 9.74. The average Bonchev–Trinajstić information content (AvgIpc) is 3.21. The van der Waals surface area contributed by atoms with Crippen LogP contribution in [0, 0.1) is 0 Å². The third-order valence-electron chi connectivity index (χ3n) is 6.07. The number of carbonyl (C=O) groups is 1. The van der Waals surface area contributed by atoms with Crippen molar-refractivity contribution in [3.05, 3.63) is 84.3 Å². The standard InChI is InChI=1S/C24H24N8O/c1-32-21(30-31-22(32)19-9-13-25-16-28-19)15-27-18-7-4-6-17(14-18)23(33)29-24(10-5-11-24)20-8-2-3-12-26-20/h2-4,6-9,12-14,16,27H,5,10-11,15H2,1H3,(H,29,33). The quantitative estimate of drug-likeness (QED) is 0.454. The molecule has 9 heteroatoms. The first-order valence-electron chi connectivity index (χ1n) is 10.9. The number of nitrogens with zero attached hydrogens (tertiary/aromatic N) is 6. The second-order valence-electron chi connectivity index (χ2n) is 8.13. The number of benzene rings is 1. The lowest BCUT2D eigenvalue weighted by Gasteiger charge is -2.42. The molecule has 1 aromatic carbocycles. The molecule has 0 spiro atoms. The van der Waals surface area contributed by atoms with Crippen LogP contribution >= 0.6 is 0 Å². The second-order valence-corrected chi connectivity index (χ2v) is 8.13. The maximum Gasteiger partial charge on any atom is 0.252 e. The van der Waals surface area contributed by atoms with Crippen molar-refractivity contribution in [1.29, 1.82) is 0 Å². The molecule has 0 bridgehead atoms. The van der Waals surface area contributed by atoms with Gasteiger partial charge in [-0.05, 0) is 55.7 Å². The van der Waals surface area contributed by atoms with E-state index in [9.17, 15) is 4.79 Å². The molecule has 5 rings (SSSR count). The van der Waals surface area contributed by atoms with Gasteiger partial charge in [0.2, 0.25) is 0 Å². The fourth-order valence-electron chi connectivity index (χ4n) is 4.02. The molecule has 0 unspecified atom stereocenters. The number of aromatic nitrogens is 6. The highest BCUT2D eigenvalue weighted by Crippen LogP contribution is 2.40. The molecule has 0 aliphatic heterocycles. The molecule has 1 saturated carbocycles. The molecule has 9 nitrogen and oxygen atoms in total. The zero-order valence-corrected chi connectivity index (χ0v) is 18.3. The average molecular weight is 441 g/mol. The molecule has 0 atom stereocenters. The summed E-state index contributed by atoms with van der Waals surface area (Å²) in [6, 6.07) is 15.1. The van der Waals surface area contributed by atoms with E-state index in [4.69, 9.17) is 0 Å². The van der Waals surface area contributed by atoms with E-state index in [-0.39, 0.29) is 11.4 Å². The number of hydrogen-bond acceptors (Lipinski definition) is 7. The van der Waals surface area contributed by atoms with E-state index in [1.807, 2.05) is 54.1 Å².